The van der Waals surface area contributed by atoms with Crippen LogP contribution < -0.4 is 0 Å². The zero-order valence-electron chi connectivity index (χ0n) is 30.3. The summed E-state index contributed by atoms with van der Waals surface area (Å²) in [7, 11) is 0. The molecule has 4 fully saturated rings. The van der Waals surface area contributed by atoms with Gasteiger partial charge in [-0.2, -0.15) is 23.5 Å². The minimum absolute atomic E-state index is 0.0131. The summed E-state index contributed by atoms with van der Waals surface area (Å²) in [5.74, 6) is 3.91. The molecule has 2 aromatic carbocycles. The molecular formula is C40H50Cl4N4O3S2. The van der Waals surface area contributed by atoms with Crippen LogP contribution in [0.25, 0.3) is 0 Å². The fourth-order valence-electron chi connectivity index (χ4n) is 9.05. The van der Waals surface area contributed by atoms with Crippen LogP contribution in [0.15, 0.2) is 24.3 Å². The molecule has 4 unspecified atom stereocenters. The number of carbonyl (C=O) groups is 3. The number of piperidine rings is 2. The predicted octanol–water partition coefficient (Wildman–Crippen LogP) is 8.55. The summed E-state index contributed by atoms with van der Waals surface area (Å²) in [5, 5.41) is 1.93. The van der Waals surface area contributed by atoms with Crippen LogP contribution in [-0.4, -0.2) is 125 Å². The fraction of sp³-hybridized carbons (Fsp3) is 0.625. The van der Waals surface area contributed by atoms with E-state index >= 15 is 0 Å². The van der Waals surface area contributed by atoms with Crippen LogP contribution in [0.3, 0.4) is 0 Å². The van der Waals surface area contributed by atoms with Crippen molar-refractivity contribution in [2.45, 2.75) is 81.7 Å². The molecule has 0 N–H and O–H groups in total. The molecule has 0 spiro atoms. The number of thioether (sulfide) groups is 2. The Bertz CT molecular complexity index is 1670. The monoisotopic (exact) mass is 838 g/mol. The lowest BCUT2D eigenvalue weighted by atomic mass is 9.98. The molecule has 4 saturated heterocycles. The summed E-state index contributed by atoms with van der Waals surface area (Å²) in [6.07, 6.45) is 9.77. The molecule has 7 nitrogen and oxygen atoms in total. The number of rotatable bonds is 6. The molecule has 0 saturated carbocycles. The van der Waals surface area contributed by atoms with Crippen LogP contribution in [0.4, 0.5) is 0 Å². The average Bonchev–Trinajstić information content (AvgIpc) is 3.72. The van der Waals surface area contributed by atoms with Crippen LogP contribution in [0.5, 0.6) is 0 Å². The summed E-state index contributed by atoms with van der Waals surface area (Å²) in [6, 6.07) is 7.76. The second-order valence-corrected chi connectivity index (χ2v) is 19.3. The summed E-state index contributed by atoms with van der Waals surface area (Å²) in [4.78, 5) is 48.5. The van der Waals surface area contributed by atoms with E-state index in [0.29, 0.717) is 37.6 Å². The Morgan fingerprint density at radius 2 is 1.11 bits per heavy atom. The summed E-state index contributed by atoms with van der Waals surface area (Å²) < 4.78 is 0. The van der Waals surface area contributed by atoms with E-state index in [1.165, 1.54) is 57.2 Å². The number of hydrogen-bond acceptors (Lipinski definition) is 7. The van der Waals surface area contributed by atoms with Crippen molar-refractivity contribution in [1.82, 2.24) is 19.6 Å². The van der Waals surface area contributed by atoms with E-state index in [0.717, 1.165) is 86.2 Å². The topological polar surface area (TPSA) is 64.2 Å². The third-order valence-electron chi connectivity index (χ3n) is 11.9. The third kappa shape index (κ3) is 9.35. The number of hydrogen-bond donors (Lipinski definition) is 0. The van der Waals surface area contributed by atoms with E-state index in [2.05, 4.69) is 14.7 Å². The standard InChI is InChI=1S/C20H24Cl2N2O2S.C20H26Cl2N2OS/c21-17-8-14-15(9-18(17)22)19(25)10-16(14)20(26)24-6-7-27-12-13(24)11-23-4-2-1-3-5-23;21-18-10-14-4-5-16(17(14)11-19(18)22)20(25)24-8-9-26-13-15(24)12-23-6-2-1-3-7-23/h8-9,13,16H,1-7,10-12H2;10-11,15-16H,1-9,12-13H2. The summed E-state index contributed by atoms with van der Waals surface area (Å²) in [6.45, 7) is 8.21. The van der Waals surface area contributed by atoms with E-state index in [-0.39, 0.29) is 30.1 Å². The number of benzene rings is 2. The Balaban J connectivity index is 0.000000164. The maximum atomic E-state index is 13.4. The number of carbonyl (C=O) groups excluding carboxylic acids is 3. The second kappa shape index (κ2) is 18.4. The molecule has 13 heteroatoms. The summed E-state index contributed by atoms with van der Waals surface area (Å²) >= 11 is 28.6. The largest absolute Gasteiger partial charge is 0.336 e. The number of Topliss-reactive ketones (excluding diaryl/α,β-unsaturated/α-hetero) is 1. The van der Waals surface area contributed by atoms with Crippen molar-refractivity contribution in [2.75, 3.05) is 75.4 Å². The van der Waals surface area contributed by atoms with Gasteiger partial charge in [0.15, 0.2) is 5.78 Å². The number of ketones is 1. The molecule has 288 valence electrons. The molecule has 0 radical (unpaired) electrons. The molecule has 4 atom stereocenters. The zero-order chi connectivity index (χ0) is 37.1. The van der Waals surface area contributed by atoms with Gasteiger partial charge in [0, 0.05) is 61.2 Å². The van der Waals surface area contributed by atoms with E-state index < -0.39 is 5.92 Å². The number of amides is 2. The molecule has 8 rings (SSSR count). The fourth-order valence-corrected chi connectivity index (χ4v) is 11.8. The van der Waals surface area contributed by atoms with Crippen molar-refractivity contribution in [3.8, 4) is 0 Å². The van der Waals surface area contributed by atoms with E-state index in [4.69, 9.17) is 46.4 Å². The number of aryl methyl sites for hydroxylation is 1. The first-order valence-corrected chi connectivity index (χ1v) is 23.2. The second-order valence-electron chi connectivity index (χ2n) is 15.3. The highest BCUT2D eigenvalue weighted by atomic mass is 35.5. The Labute approximate surface area is 343 Å². The van der Waals surface area contributed by atoms with Gasteiger partial charge in [-0.15, -0.1) is 0 Å². The minimum Gasteiger partial charge on any atom is -0.336 e. The molecule has 2 amide bonds. The Morgan fingerprint density at radius 3 is 1.68 bits per heavy atom. The third-order valence-corrected chi connectivity index (χ3v) is 15.5. The van der Waals surface area contributed by atoms with Crippen molar-refractivity contribution >= 4 is 87.5 Å². The molecule has 4 aliphatic heterocycles. The minimum atomic E-state index is -0.422. The summed E-state index contributed by atoms with van der Waals surface area (Å²) in [5.41, 5.74) is 3.59. The van der Waals surface area contributed by atoms with Gasteiger partial charge in [-0.3, -0.25) is 14.4 Å². The van der Waals surface area contributed by atoms with Crippen LogP contribution in [0, 0.1) is 0 Å². The number of fused-ring (bicyclic) bond motifs is 2. The Morgan fingerprint density at radius 1 is 0.623 bits per heavy atom. The van der Waals surface area contributed by atoms with Gasteiger partial charge in [0.2, 0.25) is 11.8 Å². The number of nitrogens with zero attached hydrogens (tertiary/aromatic N) is 4. The molecule has 2 aromatic rings. The molecule has 53 heavy (non-hydrogen) atoms. The highest BCUT2D eigenvalue weighted by Crippen LogP contribution is 2.41. The van der Waals surface area contributed by atoms with Crippen LogP contribution in [0.1, 0.15) is 90.3 Å². The van der Waals surface area contributed by atoms with Crippen LogP contribution >= 0.6 is 69.9 Å². The molecule has 4 heterocycles. The quantitative estimate of drug-likeness (QED) is 0.289. The highest BCUT2D eigenvalue weighted by molar-refractivity contribution is 7.99. The SMILES string of the molecule is O=C(C1CCc2cc(Cl)c(Cl)cc21)N1CCSCC1CN1CCCCC1.O=C1CC(C(=O)N2CCSCC2CN2CCCCC2)c2cc(Cl)c(Cl)cc21. The predicted molar refractivity (Wildman–Crippen MR) is 222 cm³/mol. The van der Waals surface area contributed by atoms with Crippen LogP contribution in [0.2, 0.25) is 20.1 Å². The van der Waals surface area contributed by atoms with Gasteiger partial charge in [-0.1, -0.05) is 59.2 Å². The van der Waals surface area contributed by atoms with Gasteiger partial charge in [0.1, 0.15) is 0 Å². The highest BCUT2D eigenvalue weighted by Gasteiger charge is 2.41. The maximum Gasteiger partial charge on any atom is 0.230 e. The molecule has 0 bridgehead atoms. The van der Waals surface area contributed by atoms with Crippen LogP contribution in [-0.2, 0) is 16.0 Å². The average molecular weight is 841 g/mol. The first-order chi connectivity index (χ1) is 25.7. The van der Waals surface area contributed by atoms with Gasteiger partial charge in [0.25, 0.3) is 0 Å². The lowest BCUT2D eigenvalue weighted by Crippen LogP contribution is -2.53. The van der Waals surface area contributed by atoms with Gasteiger partial charge in [-0.25, -0.2) is 0 Å². The van der Waals surface area contributed by atoms with Crippen molar-refractivity contribution in [3.63, 3.8) is 0 Å². The molecule has 2 aliphatic carbocycles. The van der Waals surface area contributed by atoms with Gasteiger partial charge in [0.05, 0.1) is 44.0 Å². The first-order valence-electron chi connectivity index (χ1n) is 19.4. The number of halogens is 4. The van der Waals surface area contributed by atoms with E-state index in [1.54, 1.807) is 12.1 Å². The van der Waals surface area contributed by atoms with E-state index in [9.17, 15) is 14.4 Å². The van der Waals surface area contributed by atoms with Crippen molar-refractivity contribution in [3.05, 3.63) is 66.6 Å². The van der Waals surface area contributed by atoms with Gasteiger partial charge >= 0.3 is 0 Å². The first kappa shape index (κ1) is 40.0. The zero-order valence-corrected chi connectivity index (χ0v) is 35.0. The van der Waals surface area contributed by atoms with Gasteiger partial charge < -0.3 is 19.6 Å². The lowest BCUT2D eigenvalue weighted by molar-refractivity contribution is -0.135. The molecular weight excluding hydrogens is 790 g/mol. The maximum absolute atomic E-state index is 13.4. The van der Waals surface area contributed by atoms with Crippen molar-refractivity contribution in [2.24, 2.45) is 0 Å². The van der Waals surface area contributed by atoms with E-state index in [1.807, 2.05) is 40.6 Å². The Hall–Kier alpha value is -1.17. The van der Waals surface area contributed by atoms with Gasteiger partial charge in [-0.05, 0) is 106 Å². The lowest BCUT2D eigenvalue weighted by Gasteiger charge is -2.40. The number of likely N-dealkylation sites (tertiary alicyclic amines) is 2. The smallest absolute Gasteiger partial charge is 0.230 e. The van der Waals surface area contributed by atoms with Crippen molar-refractivity contribution in [1.29, 1.82) is 0 Å². The Kier molecular flexibility index (Phi) is 13.9. The van der Waals surface area contributed by atoms with Crippen molar-refractivity contribution < 1.29 is 14.4 Å². The normalized spacial score (nSPS) is 26.5. The molecule has 6 aliphatic rings. The molecule has 0 aromatic heterocycles.